The van der Waals surface area contributed by atoms with Gasteiger partial charge in [-0.3, -0.25) is 14.9 Å². The number of furan rings is 1. The molecule has 7 aromatic rings. The maximum atomic E-state index is 15.4. The van der Waals surface area contributed by atoms with Crippen molar-refractivity contribution in [2.75, 3.05) is 4.90 Å². The Kier molecular flexibility index (Phi) is 5.45. The number of non-ortho nitro benzene ring substituents is 1. The molecule has 46 heavy (non-hydrogen) atoms. The molecule has 220 valence electrons. The molecule has 6 heteroatoms. The number of hydrogen-bond acceptors (Lipinski definition) is 4. The lowest BCUT2D eigenvalue weighted by Crippen LogP contribution is -2.40. The number of nitro benzene ring substituents is 1. The fraction of sp³-hybridized carbons (Fsp3) is 0.0750. The van der Waals surface area contributed by atoms with Crippen molar-refractivity contribution in [3.05, 3.63) is 165 Å². The molecule has 2 heterocycles. The van der Waals surface area contributed by atoms with Crippen LogP contribution in [-0.2, 0) is 16.8 Å². The van der Waals surface area contributed by atoms with Crippen LogP contribution in [0.15, 0.2) is 132 Å². The third-order valence-electron chi connectivity index (χ3n) is 9.62. The van der Waals surface area contributed by atoms with Gasteiger partial charge in [-0.05, 0) is 58.8 Å². The van der Waals surface area contributed by atoms with Crippen LogP contribution in [0.25, 0.3) is 44.2 Å². The minimum Gasteiger partial charge on any atom is -0.455 e. The van der Waals surface area contributed by atoms with E-state index in [-0.39, 0.29) is 11.6 Å². The van der Waals surface area contributed by atoms with Crippen molar-refractivity contribution in [2.24, 2.45) is 0 Å². The Morgan fingerprint density at radius 1 is 0.783 bits per heavy atom. The van der Waals surface area contributed by atoms with E-state index >= 15 is 4.79 Å². The van der Waals surface area contributed by atoms with Gasteiger partial charge in [0, 0.05) is 45.3 Å². The Morgan fingerprint density at radius 2 is 1.52 bits per heavy atom. The first kappa shape index (κ1) is 26.4. The average Bonchev–Trinajstić information content (AvgIpc) is 3.69. The van der Waals surface area contributed by atoms with Crippen LogP contribution >= 0.6 is 0 Å². The van der Waals surface area contributed by atoms with E-state index in [1.54, 1.807) is 12.1 Å². The lowest BCUT2D eigenvalue weighted by atomic mass is 9.71. The summed E-state index contributed by atoms with van der Waals surface area (Å²) in [5, 5.41) is 14.3. The zero-order chi connectivity index (χ0) is 31.2. The molecule has 6 nitrogen and oxygen atoms in total. The lowest BCUT2D eigenvalue weighted by Gasteiger charge is -2.27. The number of hydrogen-bond donors (Lipinski definition) is 0. The monoisotopic (exact) mass is 598 g/mol. The van der Waals surface area contributed by atoms with Crippen LogP contribution in [0, 0.1) is 17.0 Å². The molecular formula is C40H26N2O4. The SMILES string of the molecule is Cc1ccc2c(c1)[C@@]1(C(=O)N(Cc3ccccc3)c3ccccc31)c1c-2oc2c1c(-c1ccc([N+](=O)[O-])cc1)cc1ccccc12. The summed E-state index contributed by atoms with van der Waals surface area (Å²) in [5.41, 5.74) is 7.80. The van der Waals surface area contributed by atoms with E-state index < -0.39 is 10.3 Å². The van der Waals surface area contributed by atoms with E-state index in [0.29, 0.717) is 17.9 Å². The number of anilines is 1. The number of nitro groups is 1. The number of rotatable bonds is 4. The minimum atomic E-state index is -1.15. The van der Waals surface area contributed by atoms with Crippen molar-refractivity contribution in [3.8, 4) is 22.5 Å². The first-order valence-corrected chi connectivity index (χ1v) is 15.3. The zero-order valence-electron chi connectivity index (χ0n) is 24.9. The van der Waals surface area contributed by atoms with Crippen molar-refractivity contribution in [2.45, 2.75) is 18.9 Å². The number of nitrogens with zero attached hydrogens (tertiary/aromatic N) is 2. The number of carbonyl (C=O) groups excluding carboxylic acids is 1. The number of fused-ring (bicyclic) bond motifs is 11. The number of benzene rings is 6. The Labute approximate surface area is 264 Å². The van der Waals surface area contributed by atoms with E-state index in [0.717, 1.165) is 66.4 Å². The molecule has 0 bridgehead atoms. The van der Waals surface area contributed by atoms with Crippen LogP contribution in [0.1, 0.15) is 27.8 Å². The van der Waals surface area contributed by atoms with Gasteiger partial charge in [0.15, 0.2) is 0 Å². The normalized spacial score (nSPS) is 16.3. The fourth-order valence-corrected chi connectivity index (χ4v) is 7.65. The van der Waals surface area contributed by atoms with Crippen molar-refractivity contribution in [1.82, 2.24) is 0 Å². The molecule has 0 N–H and O–H groups in total. The van der Waals surface area contributed by atoms with Gasteiger partial charge in [0.2, 0.25) is 5.91 Å². The van der Waals surface area contributed by atoms with Crippen LogP contribution < -0.4 is 4.90 Å². The van der Waals surface area contributed by atoms with Gasteiger partial charge >= 0.3 is 0 Å². The molecule has 2 aliphatic rings. The van der Waals surface area contributed by atoms with E-state index in [4.69, 9.17) is 4.42 Å². The van der Waals surface area contributed by atoms with Gasteiger partial charge in [0.05, 0.1) is 11.5 Å². The fourth-order valence-electron chi connectivity index (χ4n) is 7.65. The highest BCUT2D eigenvalue weighted by molar-refractivity contribution is 6.23. The molecule has 1 atom stereocenters. The van der Waals surface area contributed by atoms with Gasteiger partial charge in [-0.25, -0.2) is 0 Å². The maximum absolute atomic E-state index is 15.4. The van der Waals surface area contributed by atoms with Crippen molar-refractivity contribution in [1.29, 1.82) is 0 Å². The number of amides is 1. The molecule has 1 aromatic heterocycles. The van der Waals surface area contributed by atoms with E-state index in [1.165, 1.54) is 12.1 Å². The van der Waals surface area contributed by atoms with E-state index in [1.807, 2.05) is 77.7 Å². The summed E-state index contributed by atoms with van der Waals surface area (Å²) in [6.45, 7) is 2.48. The molecule has 1 amide bonds. The summed E-state index contributed by atoms with van der Waals surface area (Å²) >= 11 is 0. The molecule has 0 fully saturated rings. The Bertz CT molecular complexity index is 2410. The molecular weight excluding hydrogens is 572 g/mol. The first-order chi connectivity index (χ1) is 22.5. The summed E-state index contributed by atoms with van der Waals surface area (Å²) in [7, 11) is 0. The van der Waals surface area contributed by atoms with E-state index in [9.17, 15) is 10.1 Å². The van der Waals surface area contributed by atoms with Crippen LogP contribution in [0.2, 0.25) is 0 Å². The Morgan fingerprint density at radius 3 is 2.33 bits per heavy atom. The smallest absolute Gasteiger partial charge is 0.269 e. The van der Waals surface area contributed by atoms with Gasteiger partial charge < -0.3 is 9.32 Å². The first-order valence-electron chi connectivity index (χ1n) is 15.3. The second-order valence-electron chi connectivity index (χ2n) is 12.2. The third kappa shape index (κ3) is 3.44. The predicted molar refractivity (Wildman–Crippen MR) is 180 cm³/mol. The average molecular weight is 599 g/mol. The number of carbonyl (C=O) groups is 1. The molecule has 1 aliphatic carbocycles. The topological polar surface area (TPSA) is 76.6 Å². The molecule has 0 saturated carbocycles. The number of aryl methyl sites for hydroxylation is 1. The van der Waals surface area contributed by atoms with Crippen LogP contribution in [0.3, 0.4) is 0 Å². The second-order valence-corrected chi connectivity index (χ2v) is 12.2. The summed E-state index contributed by atoms with van der Waals surface area (Å²) in [4.78, 5) is 28.5. The summed E-state index contributed by atoms with van der Waals surface area (Å²) in [6.07, 6.45) is 0. The Balaban J connectivity index is 1.42. The molecule has 1 spiro atoms. The summed E-state index contributed by atoms with van der Waals surface area (Å²) < 4.78 is 6.94. The van der Waals surface area contributed by atoms with Gasteiger partial charge in [-0.2, -0.15) is 0 Å². The molecule has 0 saturated heterocycles. The maximum Gasteiger partial charge on any atom is 0.269 e. The quantitative estimate of drug-likeness (QED) is 0.149. The van der Waals surface area contributed by atoms with E-state index in [2.05, 4.69) is 37.3 Å². The largest absolute Gasteiger partial charge is 0.455 e. The third-order valence-corrected chi connectivity index (χ3v) is 9.62. The zero-order valence-corrected chi connectivity index (χ0v) is 24.9. The molecule has 6 aromatic carbocycles. The summed E-state index contributed by atoms with van der Waals surface area (Å²) in [5.74, 6) is 0.669. The molecule has 9 rings (SSSR count). The highest BCUT2D eigenvalue weighted by Crippen LogP contribution is 2.63. The van der Waals surface area contributed by atoms with Gasteiger partial charge in [-0.1, -0.05) is 96.6 Å². The molecule has 1 aliphatic heterocycles. The minimum absolute atomic E-state index is 0.0198. The van der Waals surface area contributed by atoms with Gasteiger partial charge in [0.25, 0.3) is 5.69 Å². The molecule has 0 radical (unpaired) electrons. The van der Waals surface area contributed by atoms with Crippen LogP contribution in [0.4, 0.5) is 11.4 Å². The van der Waals surface area contributed by atoms with Gasteiger partial charge in [0.1, 0.15) is 16.8 Å². The highest BCUT2D eigenvalue weighted by Gasteiger charge is 2.60. The van der Waals surface area contributed by atoms with Gasteiger partial charge in [-0.15, -0.1) is 0 Å². The molecule has 0 unspecified atom stereocenters. The second kappa shape index (κ2) is 9.49. The van der Waals surface area contributed by atoms with Crippen molar-refractivity contribution >= 4 is 39.0 Å². The van der Waals surface area contributed by atoms with Crippen molar-refractivity contribution < 1.29 is 14.1 Å². The Hall–Kier alpha value is -6.01. The van der Waals surface area contributed by atoms with Crippen LogP contribution in [-0.4, -0.2) is 10.8 Å². The van der Waals surface area contributed by atoms with Crippen molar-refractivity contribution in [3.63, 3.8) is 0 Å². The summed E-state index contributed by atoms with van der Waals surface area (Å²) in [6, 6.07) is 41.2. The highest BCUT2D eigenvalue weighted by atomic mass is 16.6. The van der Waals surface area contributed by atoms with Crippen LogP contribution in [0.5, 0.6) is 0 Å². The lowest BCUT2D eigenvalue weighted by molar-refractivity contribution is -0.384. The predicted octanol–water partition coefficient (Wildman–Crippen LogP) is 9.33. The number of para-hydroxylation sites is 1. The standard InChI is InChI=1S/C40H26N2O4/c1-24-15-20-30-33(21-24)40(32-13-7-8-14-34(32)41(39(40)43)23-25-9-3-2-4-10-25)36-35-31(26-16-18-28(19-17-26)42(44)45)22-27-11-5-6-12-29(27)37(35)46-38(30)36/h2-22H,23H2,1H3/t40-/m1/s1.